The third-order valence-corrected chi connectivity index (χ3v) is 9.77. The van der Waals surface area contributed by atoms with E-state index in [1.807, 2.05) is 44.2 Å². The molecule has 0 unspecified atom stereocenters. The van der Waals surface area contributed by atoms with Crippen LogP contribution in [-0.4, -0.2) is 51.3 Å². The van der Waals surface area contributed by atoms with Crippen LogP contribution in [0.4, 0.5) is 16.2 Å². The molecule has 40 heavy (non-hydrogen) atoms. The van der Waals surface area contributed by atoms with Gasteiger partial charge in [0.2, 0.25) is 10.0 Å². The predicted molar refractivity (Wildman–Crippen MR) is 160 cm³/mol. The van der Waals surface area contributed by atoms with Gasteiger partial charge in [-0.25, -0.2) is 13.2 Å². The van der Waals surface area contributed by atoms with Gasteiger partial charge in [0, 0.05) is 36.8 Å². The maximum atomic E-state index is 13.8. The predicted octanol–water partition coefficient (Wildman–Crippen LogP) is 6.32. The number of benzene rings is 2. The Labute approximate surface area is 243 Å². The van der Waals surface area contributed by atoms with Crippen LogP contribution in [0.3, 0.4) is 0 Å². The number of carbonyl (C=O) groups excluding carboxylic acids is 2. The van der Waals surface area contributed by atoms with E-state index in [1.165, 1.54) is 6.42 Å². The number of aldehydes is 1. The van der Waals surface area contributed by atoms with Crippen LogP contribution >= 0.6 is 11.6 Å². The Morgan fingerprint density at radius 2 is 1.82 bits per heavy atom. The van der Waals surface area contributed by atoms with Gasteiger partial charge in [-0.1, -0.05) is 62.9 Å². The molecule has 1 fully saturated rings. The lowest BCUT2D eigenvalue weighted by atomic mass is 9.83. The molecule has 2 aromatic carbocycles. The molecule has 8 nitrogen and oxygen atoms in total. The van der Waals surface area contributed by atoms with Gasteiger partial charge in [-0.15, -0.1) is 0 Å². The Hall–Kier alpha value is -2.62. The second-order valence-corrected chi connectivity index (χ2v) is 13.3. The molecule has 1 aliphatic carbocycles. The summed E-state index contributed by atoms with van der Waals surface area (Å²) in [5, 5.41) is 0.546. The van der Waals surface area contributed by atoms with Crippen molar-refractivity contribution in [2.24, 2.45) is 17.6 Å². The van der Waals surface area contributed by atoms with Crippen LogP contribution in [0, 0.1) is 11.8 Å². The first kappa shape index (κ1) is 31.9. The van der Waals surface area contributed by atoms with Gasteiger partial charge < -0.3 is 20.2 Å². The second-order valence-electron chi connectivity index (χ2n) is 10.9. The van der Waals surface area contributed by atoms with Crippen LogP contribution in [0.25, 0.3) is 0 Å². The van der Waals surface area contributed by atoms with Crippen LogP contribution < -0.4 is 10.6 Å². The molecule has 0 bridgehead atoms. The van der Waals surface area contributed by atoms with Crippen LogP contribution in [-0.2, 0) is 26.0 Å². The number of halogens is 1. The average molecular weight is 592 g/mol. The molecule has 2 N–H and O–H groups in total. The van der Waals surface area contributed by atoms with Gasteiger partial charge in [0.1, 0.15) is 11.2 Å². The highest BCUT2D eigenvalue weighted by molar-refractivity contribution is 7.89. The first-order valence-electron chi connectivity index (χ1n) is 14.0. The molecule has 4 rings (SSSR count). The molecule has 1 heterocycles. The third kappa shape index (κ3) is 8.21. The zero-order chi connectivity index (χ0) is 29.3. The monoisotopic (exact) mass is 591 g/mol. The molecule has 2 aliphatic rings. The summed E-state index contributed by atoms with van der Waals surface area (Å²) in [6.45, 7) is 4.90. The Morgan fingerprint density at radius 3 is 2.40 bits per heavy atom. The van der Waals surface area contributed by atoms with Gasteiger partial charge in [0.05, 0.1) is 12.3 Å². The molecule has 10 heteroatoms. The number of sulfonamides is 1. The van der Waals surface area contributed by atoms with E-state index in [4.69, 9.17) is 11.6 Å². The molecule has 0 spiro atoms. The number of fused-ring (bicyclic) bond motifs is 1. The number of likely N-dealkylation sites (N-methyl/N-ethyl adjacent to an activating group) is 1. The van der Waals surface area contributed by atoms with Gasteiger partial charge in [-0.3, -0.25) is 0 Å². The third-order valence-electron chi connectivity index (χ3n) is 7.50. The fourth-order valence-electron chi connectivity index (χ4n) is 5.37. The fraction of sp³-hybridized carbons (Fsp3) is 0.533. The minimum Gasteiger partial charge on any atom is -0.449 e. The molecular weight excluding hydrogens is 550 g/mol. The maximum absolute atomic E-state index is 13.8. The quantitative estimate of drug-likeness (QED) is 0.284. The lowest BCUT2D eigenvalue weighted by molar-refractivity contribution is -0.107. The zero-order valence-electron chi connectivity index (χ0n) is 23.7. The number of aryl methyl sites for hydroxylation is 1. The zero-order valence-corrected chi connectivity index (χ0v) is 25.3. The summed E-state index contributed by atoms with van der Waals surface area (Å²) >= 11 is 6.64. The molecule has 1 amide bonds. The average Bonchev–Trinajstić information content (AvgIpc) is 3.01. The van der Waals surface area contributed by atoms with E-state index in [9.17, 15) is 18.0 Å². The first-order valence-corrected chi connectivity index (χ1v) is 15.9. The lowest BCUT2D eigenvalue weighted by Crippen LogP contribution is -2.46. The van der Waals surface area contributed by atoms with Crippen LogP contribution in [0.5, 0.6) is 0 Å². The first-order chi connectivity index (χ1) is 19.1. The van der Waals surface area contributed by atoms with Crippen molar-refractivity contribution >= 4 is 45.4 Å². The van der Waals surface area contributed by atoms with E-state index in [0.29, 0.717) is 59.9 Å². The van der Waals surface area contributed by atoms with E-state index < -0.39 is 16.1 Å². The molecular formula is C30H42ClN3O5S. The maximum Gasteiger partial charge on any atom is 0.404 e. The SMILES string of the molecule is CC(C)COC(N)=O.CN1[C@H](C2CCCCC2)CN(c2ccccc2)c2cc(Cl)c(CCCC=O)cc2S1(=O)=O. The largest absolute Gasteiger partial charge is 0.449 e. The van der Waals surface area contributed by atoms with Crippen molar-refractivity contribution in [2.75, 3.05) is 25.1 Å². The summed E-state index contributed by atoms with van der Waals surface area (Å²) in [4.78, 5) is 23.1. The molecule has 1 aliphatic heterocycles. The number of rotatable bonds is 8. The van der Waals surface area contributed by atoms with Gasteiger partial charge in [0.15, 0.2) is 0 Å². The van der Waals surface area contributed by atoms with E-state index >= 15 is 0 Å². The summed E-state index contributed by atoms with van der Waals surface area (Å²) in [5.41, 5.74) is 7.04. The Kier molecular flexibility index (Phi) is 11.8. The molecule has 2 aromatic rings. The van der Waals surface area contributed by atoms with Crippen molar-refractivity contribution < 1.29 is 22.7 Å². The highest BCUT2D eigenvalue weighted by Gasteiger charge is 2.41. The number of ether oxygens (including phenoxy) is 1. The number of carbonyl (C=O) groups is 2. The van der Waals surface area contributed by atoms with Crippen molar-refractivity contribution in [1.29, 1.82) is 0 Å². The normalized spacial score (nSPS) is 19.2. The highest BCUT2D eigenvalue weighted by atomic mass is 35.5. The summed E-state index contributed by atoms with van der Waals surface area (Å²) < 4.78 is 33.7. The molecule has 220 valence electrons. The van der Waals surface area contributed by atoms with Gasteiger partial charge in [-0.2, -0.15) is 4.31 Å². The number of anilines is 2. The topological polar surface area (TPSA) is 110 Å². The molecule has 0 aromatic heterocycles. The number of hydrogen-bond acceptors (Lipinski definition) is 6. The number of hydrogen-bond donors (Lipinski definition) is 1. The van der Waals surface area contributed by atoms with Gasteiger partial charge in [0.25, 0.3) is 0 Å². The number of nitrogens with two attached hydrogens (primary N) is 1. The Bertz CT molecular complexity index is 1230. The number of primary amides is 1. The lowest BCUT2D eigenvalue weighted by Gasteiger charge is -2.36. The standard InChI is InChI=1S/C25H31ClN2O3S.C5H11NO2/c1-27-24(19-10-4-2-5-11-19)18-28(21-13-6-3-7-14-21)23-17-22(26)20(12-8-9-15-29)16-25(23)32(27,30)31;1-4(2)3-8-5(6)7/h3,6-7,13-17,19,24H,2,4-5,8-12,18H2,1H3;4H,3H2,1-2H3,(H2,6,7)/t24-;/m0./s1. The number of para-hydroxylation sites is 1. The van der Waals surface area contributed by atoms with E-state index in [-0.39, 0.29) is 6.04 Å². The summed E-state index contributed by atoms with van der Waals surface area (Å²) in [6.07, 6.45) is 7.48. The Balaban J connectivity index is 0.000000482. The minimum atomic E-state index is -3.70. The summed E-state index contributed by atoms with van der Waals surface area (Å²) in [6, 6.07) is 13.4. The fourth-order valence-corrected chi connectivity index (χ4v) is 7.25. The van der Waals surface area contributed by atoms with E-state index in [0.717, 1.165) is 43.2 Å². The van der Waals surface area contributed by atoms with Gasteiger partial charge >= 0.3 is 6.09 Å². The summed E-state index contributed by atoms with van der Waals surface area (Å²) in [7, 11) is -1.97. The molecule has 0 saturated heterocycles. The van der Waals surface area contributed by atoms with E-state index in [1.54, 1.807) is 23.5 Å². The van der Waals surface area contributed by atoms with Crippen molar-refractivity contribution in [3.05, 3.63) is 53.1 Å². The van der Waals surface area contributed by atoms with Crippen molar-refractivity contribution in [2.45, 2.75) is 76.2 Å². The van der Waals surface area contributed by atoms with Crippen LogP contribution in [0.2, 0.25) is 5.02 Å². The second kappa shape index (κ2) is 14.8. The summed E-state index contributed by atoms with van der Waals surface area (Å²) in [5.74, 6) is 0.703. The Morgan fingerprint density at radius 1 is 1.15 bits per heavy atom. The van der Waals surface area contributed by atoms with Crippen molar-refractivity contribution in [3.8, 4) is 0 Å². The smallest absolute Gasteiger partial charge is 0.404 e. The molecule has 1 saturated carbocycles. The highest BCUT2D eigenvalue weighted by Crippen LogP contribution is 2.42. The molecule has 1 atom stereocenters. The van der Waals surface area contributed by atoms with Crippen LogP contribution in [0.1, 0.15) is 64.4 Å². The van der Waals surface area contributed by atoms with Gasteiger partial charge in [-0.05, 0) is 67.3 Å². The number of unbranched alkanes of at least 4 members (excludes halogenated alkanes) is 1. The van der Waals surface area contributed by atoms with Crippen LogP contribution in [0.15, 0.2) is 47.4 Å². The number of amides is 1. The molecule has 0 radical (unpaired) electrons. The van der Waals surface area contributed by atoms with Crippen molar-refractivity contribution in [3.63, 3.8) is 0 Å². The minimum absolute atomic E-state index is 0.106. The number of nitrogens with zero attached hydrogens (tertiary/aromatic N) is 2. The van der Waals surface area contributed by atoms with E-state index in [2.05, 4.69) is 15.4 Å². The van der Waals surface area contributed by atoms with Crippen molar-refractivity contribution in [1.82, 2.24) is 4.31 Å².